The summed E-state index contributed by atoms with van der Waals surface area (Å²) in [5.74, 6) is -0.350. The first-order valence-electron chi connectivity index (χ1n) is 5.57. The zero-order chi connectivity index (χ0) is 12.7. The first-order valence-corrected chi connectivity index (χ1v) is 6.45. The Labute approximate surface area is 106 Å². The lowest BCUT2D eigenvalue weighted by Crippen LogP contribution is -2.19. The Hall–Kier alpha value is -1.29. The SMILES string of the molecule is CC(=O)SC(CCc1ccccc1)CC(N)=O. The molecule has 0 aliphatic carbocycles. The Bertz CT molecular complexity index is 362. The smallest absolute Gasteiger partial charge is 0.218 e. The maximum absolute atomic E-state index is 11.1. The summed E-state index contributed by atoms with van der Waals surface area (Å²) in [6.07, 6.45) is 1.91. The van der Waals surface area contributed by atoms with Gasteiger partial charge >= 0.3 is 0 Å². The van der Waals surface area contributed by atoms with Crippen molar-refractivity contribution < 1.29 is 9.59 Å². The van der Waals surface area contributed by atoms with Crippen LogP contribution in [-0.4, -0.2) is 16.3 Å². The van der Waals surface area contributed by atoms with E-state index in [4.69, 9.17) is 5.73 Å². The average Bonchev–Trinajstić information content (AvgIpc) is 2.26. The van der Waals surface area contributed by atoms with E-state index in [1.54, 1.807) is 0 Å². The number of amides is 1. The van der Waals surface area contributed by atoms with Crippen LogP contribution in [0.1, 0.15) is 25.3 Å². The van der Waals surface area contributed by atoms with Crippen LogP contribution in [0.15, 0.2) is 30.3 Å². The Morgan fingerprint density at radius 3 is 2.47 bits per heavy atom. The Kier molecular flexibility index (Phi) is 5.77. The van der Waals surface area contributed by atoms with E-state index >= 15 is 0 Å². The largest absolute Gasteiger partial charge is 0.370 e. The summed E-state index contributed by atoms with van der Waals surface area (Å²) < 4.78 is 0. The van der Waals surface area contributed by atoms with Gasteiger partial charge in [0.15, 0.2) is 5.12 Å². The fourth-order valence-corrected chi connectivity index (χ4v) is 2.59. The summed E-state index contributed by atoms with van der Waals surface area (Å²) in [4.78, 5) is 22.0. The topological polar surface area (TPSA) is 60.2 Å². The monoisotopic (exact) mass is 251 g/mol. The second kappa shape index (κ2) is 7.12. The van der Waals surface area contributed by atoms with Gasteiger partial charge in [-0.25, -0.2) is 0 Å². The van der Waals surface area contributed by atoms with Gasteiger partial charge in [0.05, 0.1) is 0 Å². The van der Waals surface area contributed by atoms with Crippen LogP contribution in [0.25, 0.3) is 0 Å². The van der Waals surface area contributed by atoms with Gasteiger partial charge in [-0.1, -0.05) is 42.1 Å². The number of thioether (sulfide) groups is 1. The molecule has 0 saturated heterocycles. The number of carbonyl (C=O) groups excluding carboxylic acids is 2. The van der Waals surface area contributed by atoms with Gasteiger partial charge in [0, 0.05) is 18.6 Å². The van der Waals surface area contributed by atoms with Crippen molar-refractivity contribution in [2.75, 3.05) is 0 Å². The normalized spacial score (nSPS) is 12.1. The Morgan fingerprint density at radius 1 is 1.29 bits per heavy atom. The van der Waals surface area contributed by atoms with Crippen LogP contribution in [0.2, 0.25) is 0 Å². The van der Waals surface area contributed by atoms with Crippen LogP contribution in [-0.2, 0) is 16.0 Å². The van der Waals surface area contributed by atoms with Gasteiger partial charge < -0.3 is 5.73 Å². The van der Waals surface area contributed by atoms with E-state index in [-0.39, 0.29) is 22.7 Å². The van der Waals surface area contributed by atoms with E-state index in [9.17, 15) is 9.59 Å². The Morgan fingerprint density at radius 2 is 1.94 bits per heavy atom. The van der Waals surface area contributed by atoms with Crippen molar-refractivity contribution in [1.29, 1.82) is 0 Å². The van der Waals surface area contributed by atoms with Gasteiger partial charge in [0.2, 0.25) is 5.91 Å². The predicted molar refractivity (Wildman–Crippen MR) is 70.6 cm³/mol. The first kappa shape index (κ1) is 13.8. The van der Waals surface area contributed by atoms with E-state index in [1.165, 1.54) is 24.2 Å². The Balaban J connectivity index is 2.48. The minimum atomic E-state index is -0.350. The molecule has 1 aromatic rings. The molecule has 0 saturated carbocycles. The second-order valence-electron chi connectivity index (χ2n) is 3.93. The molecule has 0 aliphatic heterocycles. The predicted octanol–water partition coefficient (Wildman–Crippen LogP) is 2.14. The summed E-state index contributed by atoms with van der Waals surface area (Å²) in [5, 5.41) is 0.0227. The third-order valence-electron chi connectivity index (χ3n) is 2.36. The van der Waals surface area contributed by atoms with E-state index in [1.807, 2.05) is 30.3 Å². The van der Waals surface area contributed by atoms with Crippen LogP contribution in [0.3, 0.4) is 0 Å². The minimum absolute atomic E-state index is 0.00907. The molecule has 0 radical (unpaired) electrons. The lowest BCUT2D eigenvalue weighted by Gasteiger charge is -2.12. The van der Waals surface area contributed by atoms with E-state index in [0.717, 1.165) is 12.8 Å². The second-order valence-corrected chi connectivity index (χ2v) is 5.40. The van der Waals surface area contributed by atoms with Gasteiger partial charge in [-0.2, -0.15) is 0 Å². The maximum atomic E-state index is 11.1. The van der Waals surface area contributed by atoms with Gasteiger partial charge in [-0.15, -0.1) is 0 Å². The van der Waals surface area contributed by atoms with Crippen molar-refractivity contribution in [1.82, 2.24) is 0 Å². The van der Waals surface area contributed by atoms with Crippen LogP contribution >= 0.6 is 11.8 Å². The van der Waals surface area contributed by atoms with E-state index < -0.39 is 0 Å². The molecule has 1 amide bonds. The summed E-state index contributed by atoms with van der Waals surface area (Å²) >= 11 is 1.21. The van der Waals surface area contributed by atoms with Crippen LogP contribution in [0.5, 0.6) is 0 Å². The number of carbonyl (C=O) groups is 2. The molecule has 1 atom stereocenters. The third kappa shape index (κ3) is 6.12. The molecule has 2 N–H and O–H groups in total. The molecule has 92 valence electrons. The fourth-order valence-electron chi connectivity index (χ4n) is 1.63. The number of benzene rings is 1. The number of hydrogen-bond donors (Lipinski definition) is 1. The molecule has 1 aromatic carbocycles. The van der Waals surface area contributed by atoms with Gasteiger partial charge in [0.25, 0.3) is 0 Å². The van der Waals surface area contributed by atoms with Crippen molar-refractivity contribution in [2.24, 2.45) is 5.73 Å². The standard InChI is InChI=1S/C13H17NO2S/c1-10(15)17-12(9-13(14)16)8-7-11-5-3-2-4-6-11/h2-6,12H,7-9H2,1H3,(H2,14,16). The number of primary amides is 1. The van der Waals surface area contributed by atoms with Crippen LogP contribution in [0.4, 0.5) is 0 Å². The van der Waals surface area contributed by atoms with Crippen molar-refractivity contribution in [3.05, 3.63) is 35.9 Å². The molecule has 4 heteroatoms. The van der Waals surface area contributed by atoms with Crippen molar-refractivity contribution in [3.8, 4) is 0 Å². The van der Waals surface area contributed by atoms with E-state index in [2.05, 4.69) is 0 Å². The number of rotatable bonds is 6. The number of nitrogens with two attached hydrogens (primary N) is 1. The molecule has 0 fully saturated rings. The zero-order valence-electron chi connectivity index (χ0n) is 9.89. The van der Waals surface area contributed by atoms with Crippen LogP contribution in [0, 0.1) is 0 Å². The highest BCUT2D eigenvalue weighted by Crippen LogP contribution is 2.21. The molecule has 0 aliphatic rings. The fraction of sp³-hybridized carbons (Fsp3) is 0.385. The molecule has 0 spiro atoms. The first-order chi connectivity index (χ1) is 8.08. The molecule has 0 aromatic heterocycles. The summed E-state index contributed by atoms with van der Waals surface area (Å²) in [6.45, 7) is 1.52. The molecule has 17 heavy (non-hydrogen) atoms. The highest BCUT2D eigenvalue weighted by molar-refractivity contribution is 8.14. The van der Waals surface area contributed by atoms with Crippen LogP contribution < -0.4 is 5.73 Å². The summed E-state index contributed by atoms with van der Waals surface area (Å²) in [6, 6.07) is 10.0. The molecule has 1 unspecified atom stereocenters. The molecule has 1 rings (SSSR count). The molecular formula is C13H17NO2S. The highest BCUT2D eigenvalue weighted by Gasteiger charge is 2.14. The number of aryl methyl sites for hydroxylation is 1. The lowest BCUT2D eigenvalue weighted by atomic mass is 10.1. The highest BCUT2D eigenvalue weighted by atomic mass is 32.2. The average molecular weight is 251 g/mol. The maximum Gasteiger partial charge on any atom is 0.218 e. The van der Waals surface area contributed by atoms with Crippen molar-refractivity contribution >= 4 is 22.8 Å². The third-order valence-corrected chi connectivity index (χ3v) is 3.43. The molecule has 3 nitrogen and oxygen atoms in total. The summed E-state index contributed by atoms with van der Waals surface area (Å²) in [5.41, 5.74) is 6.39. The molecule has 0 bridgehead atoms. The molecular weight excluding hydrogens is 234 g/mol. The van der Waals surface area contributed by atoms with Crippen molar-refractivity contribution in [2.45, 2.75) is 31.4 Å². The van der Waals surface area contributed by atoms with Gasteiger partial charge in [-0.3, -0.25) is 9.59 Å². The summed E-state index contributed by atoms with van der Waals surface area (Å²) in [7, 11) is 0. The zero-order valence-corrected chi connectivity index (χ0v) is 10.7. The quantitative estimate of drug-likeness (QED) is 0.842. The number of hydrogen-bond acceptors (Lipinski definition) is 3. The van der Waals surface area contributed by atoms with Crippen molar-refractivity contribution in [3.63, 3.8) is 0 Å². The van der Waals surface area contributed by atoms with Gasteiger partial charge in [0.1, 0.15) is 0 Å². The van der Waals surface area contributed by atoms with E-state index in [0.29, 0.717) is 0 Å². The lowest BCUT2D eigenvalue weighted by molar-refractivity contribution is -0.118. The molecule has 0 heterocycles. The minimum Gasteiger partial charge on any atom is -0.370 e. The van der Waals surface area contributed by atoms with Gasteiger partial charge in [-0.05, 0) is 18.4 Å².